The van der Waals surface area contributed by atoms with Crippen molar-refractivity contribution in [2.24, 2.45) is 0 Å². The van der Waals surface area contributed by atoms with Gasteiger partial charge in [-0.15, -0.1) is 0 Å². The van der Waals surface area contributed by atoms with Crippen LogP contribution < -0.4 is 0 Å². The van der Waals surface area contributed by atoms with Crippen LogP contribution in [0, 0.1) is 0 Å². The minimum absolute atomic E-state index is 0.0223. The van der Waals surface area contributed by atoms with E-state index < -0.39 is 10.9 Å². The lowest BCUT2D eigenvalue weighted by Crippen LogP contribution is -2.60. The summed E-state index contributed by atoms with van der Waals surface area (Å²) in [4.78, 5) is 28.3. The number of halogens is 1. The lowest BCUT2D eigenvalue weighted by molar-refractivity contribution is -0.141. The number of rotatable bonds is 4. The third kappa shape index (κ3) is 4.33. The molecule has 3 atom stereocenters. The van der Waals surface area contributed by atoms with Crippen molar-refractivity contribution in [3.05, 3.63) is 71.8 Å². The maximum absolute atomic E-state index is 12.8. The molecule has 6 heteroatoms. The average molecular weight is 431 g/mol. The van der Waals surface area contributed by atoms with Crippen LogP contribution in [0.1, 0.15) is 31.0 Å². The Hall–Kier alpha value is -2.34. The van der Waals surface area contributed by atoms with Gasteiger partial charge in [0.15, 0.2) is 0 Å². The highest BCUT2D eigenvalue weighted by Crippen LogP contribution is 2.29. The molecule has 0 saturated carbocycles. The fourth-order valence-electron chi connectivity index (χ4n) is 3.14. The van der Waals surface area contributed by atoms with Crippen LogP contribution in [0.15, 0.2) is 60.7 Å². The van der Waals surface area contributed by atoms with Crippen molar-refractivity contribution in [2.45, 2.75) is 37.4 Å². The molecule has 2 aromatic rings. The smallest absolute Gasteiger partial charge is 0.411 e. The Morgan fingerprint density at radius 3 is 2.37 bits per heavy atom. The minimum Gasteiger partial charge on any atom is -0.444 e. The summed E-state index contributed by atoms with van der Waals surface area (Å²) < 4.78 is 5.48. The molecule has 0 spiro atoms. The molecule has 142 valence electrons. The van der Waals surface area contributed by atoms with Gasteiger partial charge in [0.1, 0.15) is 11.4 Å². The lowest BCUT2D eigenvalue weighted by Gasteiger charge is -2.44. The molecule has 0 N–H and O–H groups in total. The van der Waals surface area contributed by atoms with E-state index in [0.29, 0.717) is 0 Å². The van der Waals surface area contributed by atoms with E-state index in [2.05, 4.69) is 15.9 Å². The van der Waals surface area contributed by atoms with Crippen LogP contribution in [0.3, 0.4) is 0 Å². The molecule has 0 aliphatic carbocycles. The van der Waals surface area contributed by atoms with Crippen LogP contribution in [0.4, 0.5) is 4.79 Å². The molecule has 1 heterocycles. The van der Waals surface area contributed by atoms with E-state index in [-0.39, 0.29) is 31.3 Å². The fourth-order valence-corrected chi connectivity index (χ4v) is 3.68. The van der Waals surface area contributed by atoms with Crippen LogP contribution in [0.2, 0.25) is 0 Å². The molecule has 2 amide bonds. The molecule has 5 nitrogen and oxygen atoms in total. The second-order valence-electron chi connectivity index (χ2n) is 6.69. The Balaban J connectivity index is 1.72. The number of ether oxygens (including phenoxy) is 1. The SMILES string of the molecule is C[C@@H](c1ccccc1)N1CN(C(=O)OCc2ccccc2)[C@@H](C)[C@H](Br)C1=O. The Kier molecular flexibility index (Phi) is 6.16. The molecule has 0 unspecified atom stereocenters. The third-order valence-electron chi connectivity index (χ3n) is 4.93. The highest BCUT2D eigenvalue weighted by Gasteiger charge is 2.42. The van der Waals surface area contributed by atoms with Gasteiger partial charge in [-0.05, 0) is 25.0 Å². The van der Waals surface area contributed by atoms with E-state index in [1.165, 1.54) is 0 Å². The second-order valence-corrected chi connectivity index (χ2v) is 7.67. The Morgan fingerprint density at radius 1 is 1.15 bits per heavy atom. The molecule has 0 aromatic heterocycles. The van der Waals surface area contributed by atoms with Gasteiger partial charge in [0.2, 0.25) is 5.91 Å². The Morgan fingerprint density at radius 2 is 1.74 bits per heavy atom. The molecule has 0 radical (unpaired) electrons. The quantitative estimate of drug-likeness (QED) is 0.677. The molecular formula is C21H23BrN2O3. The van der Waals surface area contributed by atoms with Crippen molar-refractivity contribution in [1.82, 2.24) is 9.80 Å². The zero-order valence-electron chi connectivity index (χ0n) is 15.4. The summed E-state index contributed by atoms with van der Waals surface area (Å²) in [7, 11) is 0. The van der Waals surface area contributed by atoms with Gasteiger partial charge < -0.3 is 9.64 Å². The lowest BCUT2D eigenvalue weighted by atomic mass is 10.0. The van der Waals surface area contributed by atoms with Crippen molar-refractivity contribution in [3.8, 4) is 0 Å². The number of nitrogens with zero attached hydrogens (tertiary/aromatic N) is 2. The summed E-state index contributed by atoms with van der Waals surface area (Å²) in [5, 5.41) is 0. The van der Waals surface area contributed by atoms with Crippen LogP contribution in [0.5, 0.6) is 0 Å². The van der Waals surface area contributed by atoms with E-state index in [1.807, 2.05) is 74.5 Å². The summed E-state index contributed by atoms with van der Waals surface area (Å²) in [6.07, 6.45) is -0.423. The normalized spacial score (nSPS) is 21.1. The number of alkyl halides is 1. The molecular weight excluding hydrogens is 408 g/mol. The molecule has 3 rings (SSSR count). The maximum Gasteiger partial charge on any atom is 0.411 e. The zero-order chi connectivity index (χ0) is 19.4. The fraction of sp³-hybridized carbons (Fsp3) is 0.333. The Labute approximate surface area is 168 Å². The predicted molar refractivity (Wildman–Crippen MR) is 107 cm³/mol. The van der Waals surface area contributed by atoms with Crippen molar-refractivity contribution < 1.29 is 14.3 Å². The van der Waals surface area contributed by atoms with Gasteiger partial charge in [-0.2, -0.15) is 0 Å². The van der Waals surface area contributed by atoms with Gasteiger partial charge >= 0.3 is 6.09 Å². The van der Waals surface area contributed by atoms with Gasteiger partial charge in [-0.1, -0.05) is 76.6 Å². The molecule has 1 saturated heterocycles. The monoisotopic (exact) mass is 430 g/mol. The third-order valence-corrected chi connectivity index (χ3v) is 6.08. The molecule has 1 aliphatic heterocycles. The molecule has 2 aromatic carbocycles. The summed E-state index contributed by atoms with van der Waals surface area (Å²) in [5.41, 5.74) is 1.95. The predicted octanol–water partition coefficient (Wildman–Crippen LogP) is 4.34. The first kappa shape index (κ1) is 19.4. The first-order valence-electron chi connectivity index (χ1n) is 8.96. The number of hydrogen-bond donors (Lipinski definition) is 0. The number of carbonyl (C=O) groups is 2. The van der Waals surface area contributed by atoms with Crippen molar-refractivity contribution in [3.63, 3.8) is 0 Å². The van der Waals surface area contributed by atoms with Crippen molar-refractivity contribution in [2.75, 3.05) is 6.67 Å². The number of hydrogen-bond acceptors (Lipinski definition) is 3. The highest BCUT2D eigenvalue weighted by molar-refractivity contribution is 9.10. The summed E-state index contributed by atoms with van der Waals surface area (Å²) in [6.45, 7) is 4.23. The van der Waals surface area contributed by atoms with Gasteiger partial charge in [0, 0.05) is 0 Å². The van der Waals surface area contributed by atoms with Crippen LogP contribution in [-0.4, -0.2) is 39.3 Å². The van der Waals surface area contributed by atoms with Crippen LogP contribution in [-0.2, 0) is 16.1 Å². The first-order valence-corrected chi connectivity index (χ1v) is 9.87. The minimum atomic E-state index is -0.471. The van der Waals surface area contributed by atoms with Gasteiger partial charge in [0.05, 0.1) is 18.8 Å². The van der Waals surface area contributed by atoms with E-state index in [0.717, 1.165) is 11.1 Å². The van der Waals surface area contributed by atoms with Gasteiger partial charge in [0.25, 0.3) is 0 Å². The van der Waals surface area contributed by atoms with E-state index in [1.54, 1.807) is 9.80 Å². The van der Waals surface area contributed by atoms with E-state index in [4.69, 9.17) is 4.74 Å². The molecule has 1 fully saturated rings. The molecule has 1 aliphatic rings. The molecule has 27 heavy (non-hydrogen) atoms. The Bertz CT molecular complexity index is 785. The standard InChI is InChI=1S/C21H23BrN2O3/c1-15(18-11-7-4-8-12-18)23-14-24(16(2)19(22)20(23)25)21(26)27-13-17-9-5-3-6-10-17/h3-12,15-16,19H,13-14H2,1-2H3/t15-,16-,19-/m0/s1. The second kappa shape index (κ2) is 8.57. The summed E-state index contributed by atoms with van der Waals surface area (Å²) >= 11 is 3.46. The summed E-state index contributed by atoms with van der Waals surface area (Å²) in [5.74, 6) is -0.0223. The topological polar surface area (TPSA) is 49.9 Å². The molecule has 0 bridgehead atoms. The van der Waals surface area contributed by atoms with E-state index in [9.17, 15) is 9.59 Å². The summed E-state index contributed by atoms with van der Waals surface area (Å²) in [6, 6.07) is 18.9. The number of amides is 2. The maximum atomic E-state index is 12.8. The van der Waals surface area contributed by atoms with Gasteiger partial charge in [-0.3, -0.25) is 9.69 Å². The van der Waals surface area contributed by atoms with E-state index >= 15 is 0 Å². The van der Waals surface area contributed by atoms with Crippen LogP contribution in [0.25, 0.3) is 0 Å². The number of benzene rings is 2. The zero-order valence-corrected chi connectivity index (χ0v) is 17.0. The average Bonchev–Trinajstić information content (AvgIpc) is 2.71. The number of carbonyl (C=O) groups excluding carboxylic acids is 2. The largest absolute Gasteiger partial charge is 0.444 e. The first-order chi connectivity index (χ1) is 13.0. The van der Waals surface area contributed by atoms with Gasteiger partial charge in [-0.25, -0.2) is 4.79 Å². The van der Waals surface area contributed by atoms with Crippen molar-refractivity contribution >= 4 is 27.9 Å². The highest BCUT2D eigenvalue weighted by atomic mass is 79.9. The van der Waals surface area contributed by atoms with Crippen LogP contribution >= 0.6 is 15.9 Å². The van der Waals surface area contributed by atoms with Crippen molar-refractivity contribution in [1.29, 1.82) is 0 Å².